The van der Waals surface area contributed by atoms with Crippen molar-refractivity contribution in [2.75, 3.05) is 12.1 Å². The molecule has 3 aromatic rings. The number of ether oxygens (including phenoxy) is 2. The van der Waals surface area contributed by atoms with Crippen LogP contribution in [0.2, 0.25) is 0 Å². The second-order valence-corrected chi connectivity index (χ2v) is 8.12. The van der Waals surface area contributed by atoms with Gasteiger partial charge < -0.3 is 14.8 Å². The lowest BCUT2D eigenvalue weighted by atomic mass is 10.2. The number of amides is 1. The number of carbonyl (C=O) groups is 1. The Balaban J connectivity index is 1.41. The van der Waals surface area contributed by atoms with E-state index in [1.54, 1.807) is 30.3 Å². The zero-order chi connectivity index (χ0) is 20.3. The number of hydrogen-bond acceptors (Lipinski definition) is 5. The van der Waals surface area contributed by atoms with Crippen molar-refractivity contribution in [2.45, 2.75) is 11.4 Å². The molecule has 148 valence electrons. The monoisotopic (exact) mass is 410 g/mol. The number of hydrogen-bond donors (Lipinski definition) is 2. The topological polar surface area (TPSA) is 93.7 Å². The summed E-state index contributed by atoms with van der Waals surface area (Å²) in [5, 5.41) is 2.74. The Hall–Kier alpha value is -3.36. The first kappa shape index (κ1) is 19.0. The van der Waals surface area contributed by atoms with Crippen molar-refractivity contribution in [3.63, 3.8) is 0 Å². The predicted octanol–water partition coefficient (Wildman–Crippen LogP) is 3.15. The number of fused-ring (bicyclic) bond motifs is 1. The van der Waals surface area contributed by atoms with Crippen LogP contribution in [0.15, 0.2) is 77.7 Å². The van der Waals surface area contributed by atoms with E-state index >= 15 is 0 Å². The van der Waals surface area contributed by atoms with Gasteiger partial charge in [0, 0.05) is 17.8 Å². The molecular weight excluding hydrogens is 392 g/mol. The lowest BCUT2D eigenvalue weighted by molar-refractivity contribution is 0.102. The van der Waals surface area contributed by atoms with Crippen molar-refractivity contribution in [3.8, 4) is 11.5 Å². The second-order valence-electron chi connectivity index (χ2n) is 6.36. The van der Waals surface area contributed by atoms with Crippen LogP contribution in [-0.4, -0.2) is 21.1 Å². The number of benzene rings is 3. The van der Waals surface area contributed by atoms with E-state index in [1.807, 2.05) is 30.3 Å². The number of sulfonamides is 1. The molecule has 0 aliphatic carbocycles. The van der Waals surface area contributed by atoms with Gasteiger partial charge in [-0.05, 0) is 48.0 Å². The van der Waals surface area contributed by atoms with Gasteiger partial charge in [-0.25, -0.2) is 13.1 Å². The maximum absolute atomic E-state index is 12.4. The molecule has 8 heteroatoms. The molecule has 0 atom stereocenters. The molecule has 7 nitrogen and oxygen atoms in total. The molecule has 3 aromatic carbocycles. The van der Waals surface area contributed by atoms with Gasteiger partial charge in [0.1, 0.15) is 0 Å². The van der Waals surface area contributed by atoms with Crippen molar-refractivity contribution in [1.29, 1.82) is 0 Å². The number of rotatable bonds is 6. The normalized spacial score (nSPS) is 12.6. The SMILES string of the molecule is O=C(Nc1ccc(S(=O)(=O)NCc2ccccc2)cc1)c1ccc2c(c1)OCO2. The number of nitrogens with one attached hydrogen (secondary N) is 2. The predicted molar refractivity (Wildman–Crippen MR) is 107 cm³/mol. The molecule has 0 bridgehead atoms. The largest absolute Gasteiger partial charge is 0.454 e. The van der Waals surface area contributed by atoms with Crippen LogP contribution in [0.4, 0.5) is 5.69 Å². The smallest absolute Gasteiger partial charge is 0.255 e. The van der Waals surface area contributed by atoms with Gasteiger partial charge >= 0.3 is 0 Å². The molecule has 1 heterocycles. The minimum atomic E-state index is -3.66. The highest BCUT2D eigenvalue weighted by Gasteiger charge is 2.17. The Morgan fingerprint density at radius 1 is 0.897 bits per heavy atom. The molecule has 0 radical (unpaired) electrons. The Kier molecular flexibility index (Phi) is 5.20. The highest BCUT2D eigenvalue weighted by Crippen LogP contribution is 2.32. The van der Waals surface area contributed by atoms with Gasteiger partial charge in [0.15, 0.2) is 11.5 Å². The first-order valence-electron chi connectivity index (χ1n) is 8.86. The number of carbonyl (C=O) groups excluding carboxylic acids is 1. The summed E-state index contributed by atoms with van der Waals surface area (Å²) in [7, 11) is -3.66. The van der Waals surface area contributed by atoms with E-state index in [9.17, 15) is 13.2 Å². The van der Waals surface area contributed by atoms with Crippen LogP contribution in [0.25, 0.3) is 0 Å². The van der Waals surface area contributed by atoms with Gasteiger partial charge in [-0.3, -0.25) is 4.79 Å². The Morgan fingerprint density at radius 3 is 2.38 bits per heavy atom. The first-order chi connectivity index (χ1) is 14.0. The third kappa shape index (κ3) is 4.39. The van der Waals surface area contributed by atoms with Gasteiger partial charge in [0.25, 0.3) is 5.91 Å². The first-order valence-corrected chi connectivity index (χ1v) is 10.3. The van der Waals surface area contributed by atoms with Crippen molar-refractivity contribution in [2.24, 2.45) is 0 Å². The summed E-state index contributed by atoms with van der Waals surface area (Å²) >= 11 is 0. The van der Waals surface area contributed by atoms with Gasteiger partial charge in [-0.15, -0.1) is 0 Å². The fourth-order valence-corrected chi connectivity index (χ4v) is 3.83. The van der Waals surface area contributed by atoms with Crippen LogP contribution >= 0.6 is 0 Å². The molecule has 0 fully saturated rings. The maximum Gasteiger partial charge on any atom is 0.255 e. The standard InChI is InChI=1S/C21H18N2O5S/c24-21(16-6-11-19-20(12-16)28-14-27-19)23-17-7-9-18(10-8-17)29(25,26)22-13-15-4-2-1-3-5-15/h1-12,22H,13-14H2,(H,23,24). The summed E-state index contributed by atoms with van der Waals surface area (Å²) in [5.41, 5.74) is 1.76. The summed E-state index contributed by atoms with van der Waals surface area (Å²) in [5.74, 6) is 0.781. The van der Waals surface area contributed by atoms with Gasteiger partial charge in [-0.1, -0.05) is 30.3 Å². The molecule has 29 heavy (non-hydrogen) atoms. The van der Waals surface area contributed by atoms with E-state index in [-0.39, 0.29) is 24.1 Å². The van der Waals surface area contributed by atoms with Crippen LogP contribution in [0, 0.1) is 0 Å². The molecule has 0 saturated heterocycles. The maximum atomic E-state index is 12.4. The van der Waals surface area contributed by atoms with Crippen LogP contribution in [0.5, 0.6) is 11.5 Å². The summed E-state index contributed by atoms with van der Waals surface area (Å²) in [6.45, 7) is 0.334. The van der Waals surface area contributed by atoms with Gasteiger partial charge in [0.2, 0.25) is 16.8 Å². The fourth-order valence-electron chi connectivity index (χ4n) is 2.82. The molecule has 0 aromatic heterocycles. The van der Waals surface area contributed by atoms with Crippen LogP contribution in [0.1, 0.15) is 15.9 Å². The van der Waals surface area contributed by atoms with Crippen molar-refractivity contribution < 1.29 is 22.7 Å². The molecule has 0 saturated carbocycles. The molecule has 1 aliphatic heterocycles. The average Bonchev–Trinajstić information content (AvgIpc) is 3.21. The van der Waals surface area contributed by atoms with Crippen molar-refractivity contribution in [3.05, 3.63) is 83.9 Å². The lowest BCUT2D eigenvalue weighted by Crippen LogP contribution is -2.23. The molecule has 0 unspecified atom stereocenters. The van der Waals surface area contributed by atoms with E-state index in [0.717, 1.165) is 5.56 Å². The average molecular weight is 410 g/mol. The molecular formula is C21H18N2O5S. The van der Waals surface area contributed by atoms with Crippen LogP contribution in [0.3, 0.4) is 0 Å². The Labute approximate surface area is 168 Å². The zero-order valence-corrected chi connectivity index (χ0v) is 16.1. The van der Waals surface area contributed by atoms with Crippen LogP contribution in [-0.2, 0) is 16.6 Å². The third-order valence-electron chi connectivity index (χ3n) is 4.37. The summed E-state index contributed by atoms with van der Waals surface area (Å²) < 4.78 is 37.9. The van der Waals surface area contributed by atoms with Gasteiger partial charge in [0.05, 0.1) is 4.90 Å². The molecule has 2 N–H and O–H groups in total. The molecule has 1 amide bonds. The van der Waals surface area contributed by atoms with E-state index in [4.69, 9.17) is 9.47 Å². The molecule has 4 rings (SSSR count). The highest BCUT2D eigenvalue weighted by molar-refractivity contribution is 7.89. The van der Waals surface area contributed by atoms with E-state index in [0.29, 0.717) is 22.7 Å². The summed E-state index contributed by atoms with van der Waals surface area (Å²) in [4.78, 5) is 12.5. The third-order valence-corrected chi connectivity index (χ3v) is 5.78. The number of anilines is 1. The Morgan fingerprint density at radius 2 is 1.62 bits per heavy atom. The zero-order valence-electron chi connectivity index (χ0n) is 15.3. The van der Waals surface area contributed by atoms with E-state index in [2.05, 4.69) is 10.0 Å². The van der Waals surface area contributed by atoms with Crippen molar-refractivity contribution in [1.82, 2.24) is 4.72 Å². The summed E-state index contributed by atoms with van der Waals surface area (Å²) in [6.07, 6.45) is 0. The van der Waals surface area contributed by atoms with E-state index in [1.165, 1.54) is 12.1 Å². The molecule has 0 spiro atoms. The lowest BCUT2D eigenvalue weighted by Gasteiger charge is -2.09. The quantitative estimate of drug-likeness (QED) is 0.651. The minimum Gasteiger partial charge on any atom is -0.454 e. The summed E-state index contributed by atoms with van der Waals surface area (Å²) in [6, 6.07) is 20.1. The fraction of sp³-hybridized carbons (Fsp3) is 0.0952. The van der Waals surface area contributed by atoms with Gasteiger partial charge in [-0.2, -0.15) is 0 Å². The minimum absolute atomic E-state index is 0.120. The highest BCUT2D eigenvalue weighted by atomic mass is 32.2. The Bertz CT molecular complexity index is 1130. The molecule has 1 aliphatic rings. The van der Waals surface area contributed by atoms with E-state index < -0.39 is 10.0 Å². The van der Waals surface area contributed by atoms with Crippen molar-refractivity contribution >= 4 is 21.6 Å². The second kappa shape index (κ2) is 7.94. The van der Waals surface area contributed by atoms with Crippen LogP contribution < -0.4 is 19.5 Å².